The Balaban J connectivity index is 1.14. The second-order valence-corrected chi connectivity index (χ2v) is 13.3. The molecule has 270 valence electrons. The lowest BCUT2D eigenvalue weighted by atomic mass is 9.98. The fourth-order valence-corrected chi connectivity index (χ4v) is 6.21. The molecule has 0 aliphatic carbocycles. The Morgan fingerprint density at radius 3 is 2.12 bits per heavy atom. The molecule has 0 saturated carbocycles. The lowest BCUT2D eigenvalue weighted by Gasteiger charge is -2.39. The third-order valence-electron chi connectivity index (χ3n) is 9.41. The first-order valence-corrected chi connectivity index (χ1v) is 17.7. The van der Waals surface area contributed by atoms with Gasteiger partial charge in [-0.3, -0.25) is 14.5 Å². The van der Waals surface area contributed by atoms with E-state index in [0.29, 0.717) is 55.7 Å². The van der Waals surface area contributed by atoms with Crippen LogP contribution < -0.4 is 16.4 Å². The molecule has 1 aliphatic heterocycles. The van der Waals surface area contributed by atoms with E-state index in [1.165, 1.54) is 0 Å². The number of aliphatic hydroxyl groups excluding tert-OH is 2. The number of nitrogens with zero attached hydrogens (tertiary/aromatic N) is 1. The fourth-order valence-electron chi connectivity index (χ4n) is 6.21. The topological polar surface area (TPSA) is 146 Å². The van der Waals surface area contributed by atoms with Crippen LogP contribution >= 0.6 is 0 Å². The van der Waals surface area contributed by atoms with Crippen molar-refractivity contribution in [1.29, 1.82) is 0 Å². The number of nitrogens with one attached hydrogen (secondary N) is 2. The van der Waals surface area contributed by atoms with Crippen LogP contribution in [-0.2, 0) is 25.7 Å². The molecule has 0 unspecified atom stereocenters. The number of para-hydroxylation sites is 2. The van der Waals surface area contributed by atoms with Crippen LogP contribution in [0.2, 0.25) is 0 Å². The van der Waals surface area contributed by atoms with Gasteiger partial charge in [-0.05, 0) is 67.8 Å². The summed E-state index contributed by atoms with van der Waals surface area (Å²) >= 11 is 0. The van der Waals surface area contributed by atoms with Gasteiger partial charge in [-0.25, -0.2) is 0 Å². The maximum atomic E-state index is 12.7. The summed E-state index contributed by atoms with van der Waals surface area (Å²) in [7, 11) is 1.99. The summed E-state index contributed by atoms with van der Waals surface area (Å²) in [6, 6.07) is 31.9. The summed E-state index contributed by atoms with van der Waals surface area (Å²) in [5.74, 6) is -0.181. The Bertz CT molecular complexity index is 1680. The number of ether oxygens (including phenoxy) is 2. The first kappa shape index (κ1) is 37.7. The van der Waals surface area contributed by atoms with Crippen molar-refractivity contribution >= 4 is 28.9 Å². The van der Waals surface area contributed by atoms with Crippen molar-refractivity contribution in [3.8, 4) is 0 Å². The van der Waals surface area contributed by atoms with E-state index in [1.807, 2.05) is 105 Å². The summed E-state index contributed by atoms with van der Waals surface area (Å²) in [4.78, 5) is 27.0. The third-order valence-corrected chi connectivity index (χ3v) is 9.41. The molecule has 10 nitrogen and oxygen atoms in total. The van der Waals surface area contributed by atoms with Crippen LogP contribution in [0.3, 0.4) is 0 Å². The summed E-state index contributed by atoms with van der Waals surface area (Å²) in [6.45, 7) is 2.56. The second kappa shape index (κ2) is 18.6. The maximum Gasteiger partial charge on any atom is 0.224 e. The number of aliphatic hydroxyl groups is 2. The van der Waals surface area contributed by atoms with E-state index in [2.05, 4.69) is 15.5 Å². The third kappa shape index (κ3) is 11.0. The van der Waals surface area contributed by atoms with Crippen molar-refractivity contribution < 1.29 is 29.3 Å². The summed E-state index contributed by atoms with van der Waals surface area (Å²) in [5.41, 5.74) is 11.2. The van der Waals surface area contributed by atoms with Gasteiger partial charge in [0, 0.05) is 43.1 Å². The van der Waals surface area contributed by atoms with E-state index in [0.717, 1.165) is 28.7 Å². The number of likely N-dealkylation sites (N-methyl/N-ethyl adjacent to an activating group) is 1. The zero-order chi connectivity index (χ0) is 36.2. The van der Waals surface area contributed by atoms with Crippen LogP contribution in [0, 0.1) is 0 Å². The van der Waals surface area contributed by atoms with Gasteiger partial charge in [-0.2, -0.15) is 0 Å². The molecule has 1 aliphatic rings. The predicted molar refractivity (Wildman–Crippen MR) is 200 cm³/mol. The first-order chi connectivity index (χ1) is 24.7. The van der Waals surface area contributed by atoms with E-state index in [9.17, 15) is 19.8 Å². The van der Waals surface area contributed by atoms with Gasteiger partial charge in [0.15, 0.2) is 6.29 Å². The van der Waals surface area contributed by atoms with Crippen molar-refractivity contribution in [3.05, 3.63) is 125 Å². The molecule has 0 aromatic heterocycles. The van der Waals surface area contributed by atoms with E-state index in [4.69, 9.17) is 15.2 Å². The molecule has 1 heterocycles. The minimum absolute atomic E-state index is 0.0281. The minimum atomic E-state index is -0.650. The standard InChI is InChI=1S/C41H50N4O6/c1-28(40(49)31-11-5-3-6-12-31)45(2)26-34-25-37(30-19-17-29(27-46)18-20-30)51-41(50-34)32-21-23-33(24-22-32)43-38(47)15-7-4-8-16-39(48)44-36-14-10-9-13-35(36)42/h3,5-6,9-14,17-24,28,34,37,40-41,46,49H,4,7-8,15-16,25-27,42H2,1-2H3,(H,43,47)(H,44,48)/t28-,34+,37-,40-,41-/m0/s1. The molecular weight excluding hydrogens is 644 g/mol. The molecule has 10 heteroatoms. The average molecular weight is 695 g/mol. The smallest absolute Gasteiger partial charge is 0.224 e. The minimum Gasteiger partial charge on any atom is -0.397 e. The summed E-state index contributed by atoms with van der Waals surface area (Å²) in [5, 5.41) is 26.4. The van der Waals surface area contributed by atoms with Gasteiger partial charge in [0.25, 0.3) is 0 Å². The zero-order valence-corrected chi connectivity index (χ0v) is 29.4. The largest absolute Gasteiger partial charge is 0.397 e. The highest BCUT2D eigenvalue weighted by atomic mass is 16.7. The van der Waals surface area contributed by atoms with Crippen LogP contribution in [0.1, 0.15) is 86.2 Å². The number of hydrogen-bond acceptors (Lipinski definition) is 8. The van der Waals surface area contributed by atoms with Crippen LogP contribution in [0.15, 0.2) is 103 Å². The molecule has 5 rings (SSSR count). The van der Waals surface area contributed by atoms with Gasteiger partial charge >= 0.3 is 0 Å². The molecular formula is C41H50N4O6. The van der Waals surface area contributed by atoms with Crippen molar-refractivity contribution in [3.63, 3.8) is 0 Å². The van der Waals surface area contributed by atoms with Crippen LogP contribution in [-0.4, -0.2) is 52.7 Å². The molecule has 51 heavy (non-hydrogen) atoms. The number of benzene rings is 4. The molecule has 2 amide bonds. The highest BCUT2D eigenvalue weighted by molar-refractivity contribution is 5.93. The van der Waals surface area contributed by atoms with E-state index >= 15 is 0 Å². The lowest BCUT2D eigenvalue weighted by molar-refractivity contribution is -0.253. The Kier molecular flexibility index (Phi) is 13.7. The average Bonchev–Trinajstić information content (AvgIpc) is 3.15. The predicted octanol–water partition coefficient (Wildman–Crippen LogP) is 6.89. The molecule has 1 saturated heterocycles. The number of rotatable bonds is 16. The SMILES string of the molecule is C[C@@H]([C@H](O)c1ccccc1)N(C)C[C@H]1C[C@@H](c2ccc(CO)cc2)O[C@@H](c2ccc(NC(=O)CCCCCC(=O)Nc3ccccc3N)cc2)O1. The number of amides is 2. The molecule has 4 aromatic rings. The van der Waals surface area contributed by atoms with Gasteiger partial charge in [-0.15, -0.1) is 0 Å². The van der Waals surface area contributed by atoms with Gasteiger partial charge in [0.05, 0.1) is 36.3 Å². The van der Waals surface area contributed by atoms with Gasteiger partial charge < -0.3 is 36.1 Å². The number of nitrogen functional groups attached to an aromatic ring is 1. The molecule has 4 aromatic carbocycles. The monoisotopic (exact) mass is 694 g/mol. The number of unbranched alkanes of at least 4 members (excludes halogenated alkanes) is 2. The van der Waals surface area contributed by atoms with Gasteiger partial charge in [0.1, 0.15) is 0 Å². The summed E-state index contributed by atoms with van der Waals surface area (Å²) < 4.78 is 13.0. The number of carbonyl (C=O) groups is 2. The van der Waals surface area contributed by atoms with E-state index in [1.54, 1.807) is 12.1 Å². The summed E-state index contributed by atoms with van der Waals surface area (Å²) in [6.07, 6.45) is 1.71. The number of nitrogens with two attached hydrogens (primary N) is 1. The van der Waals surface area contributed by atoms with Gasteiger partial charge in [-0.1, -0.05) is 85.3 Å². The van der Waals surface area contributed by atoms with E-state index in [-0.39, 0.29) is 36.7 Å². The number of carbonyl (C=O) groups excluding carboxylic acids is 2. The Morgan fingerprint density at radius 2 is 1.45 bits per heavy atom. The molecule has 0 spiro atoms. The highest BCUT2D eigenvalue weighted by Crippen LogP contribution is 2.38. The normalized spacial score (nSPS) is 18.6. The van der Waals surface area contributed by atoms with Gasteiger partial charge in [0.2, 0.25) is 11.8 Å². The van der Waals surface area contributed by atoms with Crippen LogP contribution in [0.4, 0.5) is 17.1 Å². The van der Waals surface area contributed by atoms with Crippen molar-refractivity contribution in [2.45, 2.75) is 82.7 Å². The molecule has 0 radical (unpaired) electrons. The highest BCUT2D eigenvalue weighted by Gasteiger charge is 2.34. The first-order valence-electron chi connectivity index (χ1n) is 17.7. The quantitative estimate of drug-likeness (QED) is 0.0630. The Morgan fingerprint density at radius 1 is 0.824 bits per heavy atom. The van der Waals surface area contributed by atoms with Crippen molar-refractivity contribution in [2.24, 2.45) is 0 Å². The fraction of sp³-hybridized carbons (Fsp3) is 0.366. The molecule has 5 atom stereocenters. The molecule has 0 bridgehead atoms. The van der Waals surface area contributed by atoms with Crippen LogP contribution in [0.25, 0.3) is 0 Å². The Hall–Kier alpha value is -4.58. The lowest BCUT2D eigenvalue weighted by Crippen LogP contribution is -2.43. The molecule has 1 fully saturated rings. The van der Waals surface area contributed by atoms with Crippen LogP contribution in [0.5, 0.6) is 0 Å². The maximum absolute atomic E-state index is 12.7. The number of hydrogen-bond donors (Lipinski definition) is 5. The van der Waals surface area contributed by atoms with Crippen molar-refractivity contribution in [2.75, 3.05) is 30.0 Å². The zero-order valence-electron chi connectivity index (χ0n) is 29.4. The van der Waals surface area contributed by atoms with Crippen molar-refractivity contribution in [1.82, 2.24) is 4.90 Å². The molecule has 6 N–H and O–H groups in total. The number of anilines is 3. The second-order valence-electron chi connectivity index (χ2n) is 13.3. The van der Waals surface area contributed by atoms with E-state index < -0.39 is 12.4 Å². The Labute approximate surface area is 300 Å².